The number of aryl methyl sites for hydroxylation is 1. The van der Waals surface area contributed by atoms with Crippen molar-refractivity contribution >= 4 is 23.4 Å². The number of likely N-dealkylation sites (N-methyl/N-ethyl adjacent to an activating group) is 1. The van der Waals surface area contributed by atoms with Gasteiger partial charge >= 0.3 is 0 Å². The first kappa shape index (κ1) is 18.4. The Labute approximate surface area is 153 Å². The monoisotopic (exact) mass is 359 g/mol. The van der Waals surface area contributed by atoms with Crippen LogP contribution < -0.4 is 10.6 Å². The molecule has 7 heteroatoms. The van der Waals surface area contributed by atoms with Crippen molar-refractivity contribution in [1.29, 1.82) is 0 Å². The summed E-state index contributed by atoms with van der Waals surface area (Å²) in [5.74, 6) is -0.547. The number of hydrogen-bond acceptors (Lipinski definition) is 4. The average Bonchev–Trinajstić information content (AvgIpc) is 3.27. The molecule has 140 valence electrons. The summed E-state index contributed by atoms with van der Waals surface area (Å²) in [4.78, 5) is 38.1. The average molecular weight is 359 g/mol. The van der Waals surface area contributed by atoms with Crippen LogP contribution in [0, 0.1) is 6.92 Å². The van der Waals surface area contributed by atoms with Gasteiger partial charge in [-0.3, -0.25) is 14.4 Å². The standard InChI is InChI=1S/C19H25N3O4/c1-11-4-5-12(17(23)20-13-6-7-13)10-14(11)21-18(24)15-8-9-16(26-15)19(25)22(2)3/h4-5,10,13,15-16H,6-9H2,1-3H3,(H,20,23)(H,21,24)/t15-,16+/m1/s1. The van der Waals surface area contributed by atoms with Gasteiger partial charge in [0.1, 0.15) is 12.2 Å². The van der Waals surface area contributed by atoms with Crippen LogP contribution in [0.3, 0.4) is 0 Å². The maximum atomic E-state index is 12.5. The van der Waals surface area contributed by atoms with Gasteiger partial charge in [0.2, 0.25) is 0 Å². The lowest BCUT2D eigenvalue weighted by molar-refractivity contribution is -0.143. The van der Waals surface area contributed by atoms with Crippen molar-refractivity contribution in [3.63, 3.8) is 0 Å². The van der Waals surface area contributed by atoms with Gasteiger partial charge in [-0.2, -0.15) is 0 Å². The van der Waals surface area contributed by atoms with Crippen molar-refractivity contribution < 1.29 is 19.1 Å². The van der Waals surface area contributed by atoms with Crippen LogP contribution in [0.4, 0.5) is 5.69 Å². The van der Waals surface area contributed by atoms with Crippen molar-refractivity contribution in [2.45, 2.75) is 50.9 Å². The number of benzene rings is 1. The molecule has 2 aliphatic rings. The first-order chi connectivity index (χ1) is 12.3. The van der Waals surface area contributed by atoms with Gasteiger partial charge in [-0.15, -0.1) is 0 Å². The number of ether oxygens (including phenoxy) is 1. The van der Waals surface area contributed by atoms with Crippen molar-refractivity contribution in [1.82, 2.24) is 10.2 Å². The Balaban J connectivity index is 1.63. The molecule has 1 aliphatic heterocycles. The van der Waals surface area contributed by atoms with E-state index in [9.17, 15) is 14.4 Å². The maximum absolute atomic E-state index is 12.5. The van der Waals surface area contributed by atoms with E-state index in [1.54, 1.807) is 26.2 Å². The molecule has 0 spiro atoms. The van der Waals surface area contributed by atoms with E-state index in [-0.39, 0.29) is 23.8 Å². The number of nitrogens with zero attached hydrogens (tertiary/aromatic N) is 1. The molecule has 3 rings (SSSR count). The molecule has 0 aromatic heterocycles. The van der Waals surface area contributed by atoms with E-state index in [2.05, 4.69) is 10.6 Å². The summed E-state index contributed by atoms with van der Waals surface area (Å²) < 4.78 is 5.61. The SMILES string of the molecule is Cc1ccc(C(=O)NC2CC2)cc1NC(=O)[C@H]1CC[C@@H](C(=O)N(C)C)O1. The summed E-state index contributed by atoms with van der Waals surface area (Å²) in [6.45, 7) is 1.87. The molecule has 2 fully saturated rings. The minimum atomic E-state index is -0.660. The fourth-order valence-electron chi connectivity index (χ4n) is 2.91. The topological polar surface area (TPSA) is 87.7 Å². The van der Waals surface area contributed by atoms with Crippen LogP contribution in [0.15, 0.2) is 18.2 Å². The minimum absolute atomic E-state index is 0.128. The quantitative estimate of drug-likeness (QED) is 0.833. The fraction of sp³-hybridized carbons (Fsp3) is 0.526. The third-order valence-electron chi connectivity index (χ3n) is 4.70. The van der Waals surface area contributed by atoms with Gasteiger partial charge in [0.05, 0.1) is 0 Å². The molecule has 2 atom stereocenters. The van der Waals surface area contributed by atoms with Gasteiger partial charge < -0.3 is 20.3 Å². The number of carbonyl (C=O) groups is 3. The molecule has 1 saturated heterocycles. The third kappa shape index (κ3) is 4.22. The highest BCUT2D eigenvalue weighted by atomic mass is 16.5. The Kier molecular flexibility index (Phi) is 5.27. The lowest BCUT2D eigenvalue weighted by Gasteiger charge is -2.17. The molecular formula is C19H25N3O4. The molecule has 26 heavy (non-hydrogen) atoms. The van der Waals surface area contributed by atoms with Crippen LogP contribution in [0.5, 0.6) is 0 Å². The largest absolute Gasteiger partial charge is 0.355 e. The lowest BCUT2D eigenvalue weighted by Crippen LogP contribution is -2.35. The Morgan fingerprint density at radius 2 is 1.77 bits per heavy atom. The fourth-order valence-corrected chi connectivity index (χ4v) is 2.91. The van der Waals surface area contributed by atoms with Crippen molar-refractivity contribution in [2.24, 2.45) is 0 Å². The molecular weight excluding hydrogens is 334 g/mol. The molecule has 3 amide bonds. The number of anilines is 1. The summed E-state index contributed by atoms with van der Waals surface area (Å²) >= 11 is 0. The van der Waals surface area contributed by atoms with E-state index >= 15 is 0 Å². The van der Waals surface area contributed by atoms with E-state index in [1.807, 2.05) is 13.0 Å². The van der Waals surface area contributed by atoms with Gasteiger partial charge in [0.25, 0.3) is 17.7 Å². The second kappa shape index (κ2) is 7.45. The summed E-state index contributed by atoms with van der Waals surface area (Å²) in [7, 11) is 3.33. The lowest BCUT2D eigenvalue weighted by atomic mass is 10.1. The smallest absolute Gasteiger partial charge is 0.253 e. The van der Waals surface area contributed by atoms with Crippen molar-refractivity contribution in [3.8, 4) is 0 Å². The number of amides is 3. The Hall–Kier alpha value is -2.41. The molecule has 1 heterocycles. The first-order valence-corrected chi connectivity index (χ1v) is 8.94. The maximum Gasteiger partial charge on any atom is 0.253 e. The third-order valence-corrected chi connectivity index (χ3v) is 4.70. The zero-order valence-electron chi connectivity index (χ0n) is 15.4. The van der Waals surface area contributed by atoms with Crippen molar-refractivity contribution in [3.05, 3.63) is 29.3 Å². The van der Waals surface area contributed by atoms with Crippen LogP contribution in [-0.4, -0.2) is 55.0 Å². The first-order valence-electron chi connectivity index (χ1n) is 8.94. The zero-order chi connectivity index (χ0) is 18.8. The van der Waals surface area contributed by atoms with Gasteiger partial charge in [-0.05, 0) is 50.3 Å². The highest BCUT2D eigenvalue weighted by molar-refractivity contribution is 5.99. The number of carbonyl (C=O) groups excluding carboxylic acids is 3. The van der Waals surface area contributed by atoms with Gasteiger partial charge in [0.15, 0.2) is 0 Å². The summed E-state index contributed by atoms with van der Waals surface area (Å²) in [6.07, 6.45) is 1.83. The van der Waals surface area contributed by atoms with E-state index in [1.165, 1.54) is 4.90 Å². The predicted molar refractivity (Wildman–Crippen MR) is 96.9 cm³/mol. The van der Waals surface area contributed by atoms with Gasteiger partial charge in [-0.25, -0.2) is 0 Å². The predicted octanol–water partition coefficient (Wildman–Crippen LogP) is 1.46. The molecule has 1 aromatic carbocycles. The van der Waals surface area contributed by atoms with E-state index in [0.717, 1.165) is 18.4 Å². The molecule has 0 bridgehead atoms. The van der Waals surface area contributed by atoms with Crippen LogP contribution in [0.1, 0.15) is 41.6 Å². The van der Waals surface area contributed by atoms with Gasteiger partial charge in [-0.1, -0.05) is 6.07 Å². The Bertz CT molecular complexity index is 727. The number of hydrogen-bond donors (Lipinski definition) is 2. The highest BCUT2D eigenvalue weighted by Gasteiger charge is 2.35. The normalized spacial score (nSPS) is 22.0. The van der Waals surface area contributed by atoms with E-state index < -0.39 is 12.2 Å². The molecule has 0 radical (unpaired) electrons. The van der Waals surface area contributed by atoms with Crippen molar-refractivity contribution in [2.75, 3.05) is 19.4 Å². The zero-order valence-corrected chi connectivity index (χ0v) is 15.4. The molecule has 0 unspecified atom stereocenters. The molecule has 2 N–H and O–H groups in total. The van der Waals surface area contributed by atoms with E-state index in [0.29, 0.717) is 24.1 Å². The van der Waals surface area contributed by atoms with E-state index in [4.69, 9.17) is 4.74 Å². The highest BCUT2D eigenvalue weighted by Crippen LogP contribution is 2.24. The molecule has 7 nitrogen and oxygen atoms in total. The van der Waals surface area contributed by atoms with Gasteiger partial charge in [0, 0.05) is 31.4 Å². The second-order valence-electron chi connectivity index (χ2n) is 7.19. The number of nitrogens with one attached hydrogen (secondary N) is 2. The minimum Gasteiger partial charge on any atom is -0.355 e. The van der Waals surface area contributed by atoms with Crippen LogP contribution in [-0.2, 0) is 14.3 Å². The summed E-state index contributed by atoms with van der Waals surface area (Å²) in [5.41, 5.74) is 1.97. The molecule has 1 saturated carbocycles. The second-order valence-corrected chi connectivity index (χ2v) is 7.19. The number of rotatable bonds is 5. The molecule has 1 aliphatic carbocycles. The van der Waals surface area contributed by atoms with Crippen LogP contribution in [0.2, 0.25) is 0 Å². The van der Waals surface area contributed by atoms with Crippen LogP contribution >= 0.6 is 0 Å². The van der Waals surface area contributed by atoms with Crippen LogP contribution in [0.25, 0.3) is 0 Å². The Morgan fingerprint density at radius 1 is 1.08 bits per heavy atom. The molecule has 1 aromatic rings. The summed E-state index contributed by atoms with van der Waals surface area (Å²) in [6, 6.07) is 5.52. The summed E-state index contributed by atoms with van der Waals surface area (Å²) in [5, 5.41) is 5.77. The Morgan fingerprint density at radius 3 is 2.42 bits per heavy atom.